The number of nitrogens with one attached hydrogen (secondary N) is 4. The van der Waals surface area contributed by atoms with Crippen LogP contribution in [0.4, 0.5) is 4.79 Å². The molecule has 3 amide bonds. The maximum absolute atomic E-state index is 12.1. The number of nitrogens with two attached hydrogens (primary N) is 1. The molecule has 1 aliphatic carbocycles. The summed E-state index contributed by atoms with van der Waals surface area (Å²) >= 11 is 1.88. The third kappa shape index (κ3) is 12.1. The van der Waals surface area contributed by atoms with E-state index in [1.165, 1.54) is 25.7 Å². The molecule has 1 saturated carbocycles. The highest BCUT2D eigenvalue weighted by Gasteiger charge is 2.44. The summed E-state index contributed by atoms with van der Waals surface area (Å²) < 4.78 is 6.42. The average molecular weight is 584 g/mol. The highest BCUT2D eigenvalue weighted by atomic mass is 32.2. The summed E-state index contributed by atoms with van der Waals surface area (Å²) in [6, 6.07) is 0.971. The number of hydrazine groups is 1. The molecule has 3 rings (SSSR count). The Kier molecular flexibility index (Phi) is 14.9. The topological polar surface area (TPSA) is 135 Å². The molecule has 3 fully saturated rings. The van der Waals surface area contributed by atoms with Crippen LogP contribution in [0.1, 0.15) is 110 Å². The van der Waals surface area contributed by atoms with E-state index in [1.807, 2.05) is 11.8 Å². The number of ether oxygens (including phenoxy) is 1. The van der Waals surface area contributed by atoms with E-state index in [0.717, 1.165) is 93.7 Å². The summed E-state index contributed by atoms with van der Waals surface area (Å²) in [4.78, 5) is 35.1. The average Bonchev–Trinajstić information content (AvgIpc) is 3.68. The molecular formula is C29H55N6O4S+. The van der Waals surface area contributed by atoms with Crippen molar-refractivity contribution in [1.29, 1.82) is 0 Å². The maximum atomic E-state index is 12.1. The van der Waals surface area contributed by atoms with Gasteiger partial charge in [0.05, 0.1) is 19.2 Å². The normalized spacial score (nSPS) is 26.7. The zero-order valence-corrected chi connectivity index (χ0v) is 25.5. The summed E-state index contributed by atoms with van der Waals surface area (Å²) in [5.41, 5.74) is 12.2. The lowest BCUT2D eigenvalue weighted by molar-refractivity contribution is -0.982. The van der Waals surface area contributed by atoms with Crippen LogP contribution in [0.2, 0.25) is 0 Å². The van der Waals surface area contributed by atoms with E-state index >= 15 is 0 Å². The summed E-state index contributed by atoms with van der Waals surface area (Å²) in [5.74, 6) is 0.947. The molecule has 3 aliphatic rings. The SMILES string of the molecule is CC1C[N+](CCCCCC(=O)OCCCCCNC(=O)CCCC[C@@H]2C[C@@H](NC(N)=O)CS2)(C2CCCC2)NN1. The number of unbranched alkanes of at least 4 members (excludes halogenated alkanes) is 5. The Hall–Kier alpha value is -1.56. The van der Waals surface area contributed by atoms with E-state index in [4.69, 9.17) is 10.5 Å². The number of amides is 3. The lowest BCUT2D eigenvalue weighted by Crippen LogP contribution is -2.61. The molecule has 0 aromatic rings. The Balaban J connectivity index is 1.09. The first-order chi connectivity index (χ1) is 19.4. The molecule has 6 N–H and O–H groups in total. The van der Waals surface area contributed by atoms with Crippen molar-refractivity contribution in [2.75, 3.05) is 32.0 Å². The second-order valence-electron chi connectivity index (χ2n) is 12.1. The van der Waals surface area contributed by atoms with Crippen LogP contribution in [-0.2, 0) is 14.3 Å². The summed E-state index contributed by atoms with van der Waals surface area (Å²) in [5, 5.41) is 6.33. The van der Waals surface area contributed by atoms with Crippen LogP contribution in [0.25, 0.3) is 0 Å². The van der Waals surface area contributed by atoms with Crippen molar-refractivity contribution in [2.45, 2.75) is 133 Å². The van der Waals surface area contributed by atoms with Crippen LogP contribution in [0.3, 0.4) is 0 Å². The number of thioether (sulfide) groups is 1. The van der Waals surface area contributed by atoms with Crippen LogP contribution < -0.4 is 27.3 Å². The third-order valence-electron chi connectivity index (χ3n) is 8.61. The molecule has 4 atom stereocenters. The lowest BCUT2D eigenvalue weighted by Gasteiger charge is -2.38. The molecule has 230 valence electrons. The lowest BCUT2D eigenvalue weighted by atomic mass is 10.1. The predicted molar refractivity (Wildman–Crippen MR) is 160 cm³/mol. The van der Waals surface area contributed by atoms with Gasteiger partial charge in [-0.15, -0.1) is 0 Å². The van der Waals surface area contributed by atoms with Crippen LogP contribution >= 0.6 is 11.8 Å². The van der Waals surface area contributed by atoms with Gasteiger partial charge in [-0.3, -0.25) is 9.59 Å². The number of hydrogen-bond donors (Lipinski definition) is 5. The number of quaternary nitrogens is 1. The Morgan fingerprint density at radius 3 is 2.52 bits per heavy atom. The third-order valence-corrected chi connectivity index (χ3v) is 10.1. The van der Waals surface area contributed by atoms with Crippen LogP contribution in [0.5, 0.6) is 0 Å². The Labute approximate surface area is 245 Å². The quantitative estimate of drug-likeness (QED) is 0.0890. The zero-order chi connectivity index (χ0) is 28.6. The fraction of sp³-hybridized carbons (Fsp3) is 0.897. The molecule has 0 aromatic carbocycles. The number of rotatable bonds is 19. The van der Waals surface area contributed by atoms with Crippen LogP contribution in [0.15, 0.2) is 0 Å². The van der Waals surface area contributed by atoms with E-state index < -0.39 is 6.03 Å². The second kappa shape index (κ2) is 18.1. The fourth-order valence-corrected chi connectivity index (χ4v) is 7.90. The first kappa shape index (κ1) is 32.9. The smallest absolute Gasteiger partial charge is 0.312 e. The number of carbonyl (C=O) groups excluding carboxylic acids is 3. The van der Waals surface area contributed by atoms with Crippen molar-refractivity contribution in [3.63, 3.8) is 0 Å². The van der Waals surface area contributed by atoms with Crippen LogP contribution in [0, 0.1) is 0 Å². The van der Waals surface area contributed by atoms with Gasteiger partial charge in [0.25, 0.3) is 0 Å². The zero-order valence-electron chi connectivity index (χ0n) is 24.7. The van der Waals surface area contributed by atoms with Crippen molar-refractivity contribution in [3.05, 3.63) is 0 Å². The molecule has 11 heteroatoms. The summed E-state index contributed by atoms with van der Waals surface area (Å²) in [6.07, 6.45) is 16.1. The largest absolute Gasteiger partial charge is 0.466 e. The molecule has 40 heavy (non-hydrogen) atoms. The van der Waals surface area contributed by atoms with E-state index in [9.17, 15) is 14.4 Å². The molecule has 2 heterocycles. The van der Waals surface area contributed by atoms with Gasteiger partial charge in [-0.1, -0.05) is 12.0 Å². The van der Waals surface area contributed by atoms with Crippen LogP contribution in [-0.4, -0.2) is 77.9 Å². The second-order valence-corrected chi connectivity index (χ2v) is 13.5. The molecule has 0 radical (unpaired) electrons. The van der Waals surface area contributed by atoms with Gasteiger partial charge in [-0.2, -0.15) is 11.8 Å². The number of carbonyl (C=O) groups is 3. The summed E-state index contributed by atoms with van der Waals surface area (Å²) in [7, 11) is 0. The molecule has 0 spiro atoms. The van der Waals surface area contributed by atoms with Gasteiger partial charge in [0, 0.05) is 49.3 Å². The van der Waals surface area contributed by atoms with Gasteiger partial charge in [0.1, 0.15) is 12.6 Å². The maximum Gasteiger partial charge on any atom is 0.312 e. The van der Waals surface area contributed by atoms with Gasteiger partial charge in [-0.25, -0.2) is 14.8 Å². The molecule has 2 unspecified atom stereocenters. The number of esters is 1. The van der Waals surface area contributed by atoms with E-state index in [2.05, 4.69) is 28.5 Å². The standard InChI is InChI=1S/C29H54N6O4S/c1-23-21-35(34-33-23,25-12-5-6-13-25)18-10-2-4-16-28(37)39-19-11-3-9-17-31-27(36)15-8-7-14-26-20-24(22-40-26)32-29(30)38/h23-26,33-34H,2-22H2,1H3,(H3-,30,31,32,36,38)/p+1/t23?,24-,26-,35?/m1/s1. The highest BCUT2D eigenvalue weighted by Crippen LogP contribution is 2.31. The first-order valence-electron chi connectivity index (χ1n) is 15.9. The Bertz CT molecular complexity index is 784. The van der Waals surface area contributed by atoms with Gasteiger partial charge in [0.2, 0.25) is 5.91 Å². The van der Waals surface area contributed by atoms with Gasteiger partial charge < -0.3 is 21.1 Å². The number of hydrogen-bond acceptors (Lipinski definition) is 7. The number of nitrogens with zero attached hydrogens (tertiary/aromatic N) is 1. The van der Waals surface area contributed by atoms with Gasteiger partial charge >= 0.3 is 12.0 Å². The van der Waals surface area contributed by atoms with Crippen molar-refractivity contribution in [3.8, 4) is 0 Å². The first-order valence-corrected chi connectivity index (χ1v) is 16.9. The minimum Gasteiger partial charge on any atom is -0.466 e. The molecule has 0 bridgehead atoms. The fourth-order valence-electron chi connectivity index (χ4n) is 6.47. The molecule has 10 nitrogen and oxygen atoms in total. The van der Waals surface area contributed by atoms with E-state index in [-0.39, 0.29) is 17.9 Å². The van der Waals surface area contributed by atoms with E-state index in [0.29, 0.717) is 37.3 Å². The van der Waals surface area contributed by atoms with Crippen molar-refractivity contribution in [2.24, 2.45) is 5.73 Å². The number of urea groups is 1. The Morgan fingerprint density at radius 2 is 1.77 bits per heavy atom. The molecule has 0 aromatic heterocycles. The summed E-state index contributed by atoms with van der Waals surface area (Å²) in [6.45, 7) is 5.67. The molecule has 2 aliphatic heterocycles. The predicted octanol–water partition coefficient (Wildman–Crippen LogP) is 3.65. The molecular weight excluding hydrogens is 528 g/mol. The Morgan fingerprint density at radius 1 is 1.00 bits per heavy atom. The number of primary amides is 1. The van der Waals surface area contributed by atoms with Crippen molar-refractivity contribution in [1.82, 2.24) is 21.6 Å². The highest BCUT2D eigenvalue weighted by molar-refractivity contribution is 8.00. The molecule has 2 saturated heterocycles. The minimum absolute atomic E-state index is 0.0850. The van der Waals surface area contributed by atoms with Gasteiger partial charge in [0.15, 0.2) is 0 Å². The van der Waals surface area contributed by atoms with Gasteiger partial charge in [-0.05, 0) is 77.6 Å². The van der Waals surface area contributed by atoms with Crippen molar-refractivity contribution >= 4 is 29.7 Å². The monoisotopic (exact) mass is 583 g/mol. The van der Waals surface area contributed by atoms with Crippen molar-refractivity contribution < 1.29 is 23.7 Å². The minimum atomic E-state index is -0.447. The van der Waals surface area contributed by atoms with E-state index in [1.54, 1.807) is 0 Å².